The molecule has 2 N–H and O–H groups in total. The van der Waals surface area contributed by atoms with Gasteiger partial charge in [-0.2, -0.15) is 0 Å². The molecule has 1 aromatic carbocycles. The van der Waals surface area contributed by atoms with Crippen LogP contribution >= 0.6 is 0 Å². The number of amides is 1. The van der Waals surface area contributed by atoms with Crippen molar-refractivity contribution in [2.45, 2.75) is 18.6 Å². The number of rotatable bonds is 2. The summed E-state index contributed by atoms with van der Waals surface area (Å²) in [7, 11) is 0. The van der Waals surface area contributed by atoms with Gasteiger partial charge in [0.25, 0.3) is 5.91 Å². The number of hydrogen-bond donors (Lipinski definition) is 2. The molecule has 114 valence electrons. The number of aromatic nitrogens is 1. The Bertz CT molecular complexity index is 690. The second-order valence-electron chi connectivity index (χ2n) is 5.35. The highest BCUT2D eigenvalue weighted by atomic mass is 19.1. The maximum Gasteiger partial charge on any atom is 0.256 e. The Labute approximate surface area is 126 Å². The van der Waals surface area contributed by atoms with Gasteiger partial charge in [0.2, 0.25) is 0 Å². The van der Waals surface area contributed by atoms with Crippen LogP contribution < -0.4 is 0 Å². The number of pyridine rings is 1. The topological polar surface area (TPSA) is 73.7 Å². The molecule has 0 spiro atoms. The van der Waals surface area contributed by atoms with Gasteiger partial charge >= 0.3 is 0 Å². The number of aromatic hydroxyl groups is 1. The SMILES string of the molecule is O=C(c1cncc(O)c1)N1C[C@H](O)C[C@@H]1c1ccc(F)cc1. The molecule has 2 heterocycles. The smallest absolute Gasteiger partial charge is 0.256 e. The van der Waals surface area contributed by atoms with Crippen LogP contribution in [0.2, 0.25) is 0 Å². The van der Waals surface area contributed by atoms with Gasteiger partial charge in [-0.25, -0.2) is 4.39 Å². The Balaban J connectivity index is 1.90. The van der Waals surface area contributed by atoms with E-state index in [2.05, 4.69) is 4.98 Å². The van der Waals surface area contributed by atoms with Gasteiger partial charge < -0.3 is 15.1 Å². The minimum absolute atomic E-state index is 0.0936. The first kappa shape index (κ1) is 14.5. The Morgan fingerprint density at radius 1 is 1.27 bits per heavy atom. The summed E-state index contributed by atoms with van der Waals surface area (Å²) in [6.45, 7) is 0.191. The van der Waals surface area contributed by atoms with Crippen molar-refractivity contribution in [1.82, 2.24) is 9.88 Å². The predicted molar refractivity (Wildman–Crippen MR) is 76.7 cm³/mol. The lowest BCUT2D eigenvalue weighted by molar-refractivity contribution is 0.0715. The van der Waals surface area contributed by atoms with Crippen molar-refractivity contribution in [1.29, 1.82) is 0 Å². The molecule has 5 nitrogen and oxygen atoms in total. The van der Waals surface area contributed by atoms with Gasteiger partial charge in [0, 0.05) is 12.7 Å². The first-order valence-electron chi connectivity index (χ1n) is 6.93. The lowest BCUT2D eigenvalue weighted by Crippen LogP contribution is -2.31. The largest absolute Gasteiger partial charge is 0.506 e. The summed E-state index contributed by atoms with van der Waals surface area (Å²) in [4.78, 5) is 17.9. The minimum atomic E-state index is -0.635. The summed E-state index contributed by atoms with van der Waals surface area (Å²) >= 11 is 0. The Morgan fingerprint density at radius 3 is 2.68 bits per heavy atom. The third-order valence-electron chi connectivity index (χ3n) is 3.77. The quantitative estimate of drug-likeness (QED) is 0.888. The number of β-amino-alcohol motifs (C(OH)–C–C–N with tert-alkyl or cyclic N) is 1. The second kappa shape index (κ2) is 5.73. The zero-order chi connectivity index (χ0) is 15.7. The van der Waals surface area contributed by atoms with E-state index in [-0.39, 0.29) is 35.6 Å². The first-order chi connectivity index (χ1) is 10.5. The molecule has 2 atom stereocenters. The fourth-order valence-corrected chi connectivity index (χ4v) is 2.75. The number of benzene rings is 1. The number of halogens is 1. The predicted octanol–water partition coefficient (Wildman–Crippen LogP) is 1.87. The van der Waals surface area contributed by atoms with Crippen LogP contribution in [-0.2, 0) is 0 Å². The van der Waals surface area contributed by atoms with E-state index >= 15 is 0 Å². The van der Waals surface area contributed by atoms with Crippen molar-refractivity contribution < 1.29 is 19.4 Å². The van der Waals surface area contributed by atoms with Gasteiger partial charge in [-0.15, -0.1) is 0 Å². The summed E-state index contributed by atoms with van der Waals surface area (Å²) in [5, 5.41) is 19.3. The minimum Gasteiger partial charge on any atom is -0.506 e. The summed E-state index contributed by atoms with van der Waals surface area (Å²) in [6, 6.07) is 6.89. The van der Waals surface area contributed by atoms with Crippen LogP contribution in [0.15, 0.2) is 42.7 Å². The number of aliphatic hydroxyl groups excluding tert-OH is 1. The second-order valence-corrected chi connectivity index (χ2v) is 5.35. The zero-order valence-electron chi connectivity index (χ0n) is 11.7. The molecule has 0 unspecified atom stereocenters. The van der Waals surface area contributed by atoms with Crippen molar-refractivity contribution >= 4 is 5.91 Å². The molecule has 1 aromatic heterocycles. The zero-order valence-corrected chi connectivity index (χ0v) is 11.7. The van der Waals surface area contributed by atoms with E-state index in [0.717, 1.165) is 5.56 Å². The van der Waals surface area contributed by atoms with Crippen LogP contribution in [-0.4, -0.2) is 38.7 Å². The molecule has 0 bridgehead atoms. The van der Waals surface area contributed by atoms with Gasteiger partial charge in [0.15, 0.2) is 0 Å². The lowest BCUT2D eigenvalue weighted by Gasteiger charge is -2.24. The van der Waals surface area contributed by atoms with E-state index in [1.54, 1.807) is 12.1 Å². The number of nitrogens with zero attached hydrogens (tertiary/aromatic N) is 2. The van der Waals surface area contributed by atoms with E-state index in [1.807, 2.05) is 0 Å². The molecule has 0 aliphatic carbocycles. The molecule has 1 aliphatic rings. The fourth-order valence-electron chi connectivity index (χ4n) is 2.75. The monoisotopic (exact) mass is 302 g/mol. The highest BCUT2D eigenvalue weighted by molar-refractivity contribution is 5.94. The first-order valence-corrected chi connectivity index (χ1v) is 6.93. The molecule has 1 fully saturated rings. The Hall–Kier alpha value is -2.47. The molecule has 0 saturated carbocycles. The number of likely N-dealkylation sites (tertiary alicyclic amines) is 1. The third-order valence-corrected chi connectivity index (χ3v) is 3.77. The fraction of sp³-hybridized carbons (Fsp3) is 0.250. The van der Waals surface area contributed by atoms with Crippen molar-refractivity contribution in [2.24, 2.45) is 0 Å². The number of aliphatic hydroxyl groups is 1. The summed E-state index contributed by atoms with van der Waals surface area (Å²) in [5.41, 5.74) is 1.01. The molecule has 0 radical (unpaired) electrons. The van der Waals surface area contributed by atoms with Crippen molar-refractivity contribution in [3.63, 3.8) is 0 Å². The molecule has 2 aromatic rings. The average molecular weight is 302 g/mol. The molecule has 6 heteroatoms. The van der Waals surface area contributed by atoms with E-state index in [9.17, 15) is 19.4 Å². The molecule has 22 heavy (non-hydrogen) atoms. The van der Waals surface area contributed by atoms with Crippen molar-refractivity contribution in [3.05, 3.63) is 59.7 Å². The summed E-state index contributed by atoms with van der Waals surface area (Å²) < 4.78 is 13.0. The van der Waals surface area contributed by atoms with Crippen LogP contribution in [0.1, 0.15) is 28.4 Å². The normalized spacial score (nSPS) is 21.1. The molecule has 1 saturated heterocycles. The Kier molecular flexibility index (Phi) is 3.77. The van der Waals surface area contributed by atoms with Crippen LogP contribution in [0.25, 0.3) is 0 Å². The summed E-state index contributed by atoms with van der Waals surface area (Å²) in [6.07, 6.45) is 2.37. The molecular formula is C16H15FN2O3. The van der Waals surface area contributed by atoms with Gasteiger partial charge in [0.05, 0.1) is 23.9 Å². The van der Waals surface area contributed by atoms with E-state index in [1.165, 1.54) is 35.5 Å². The Morgan fingerprint density at radius 2 is 2.00 bits per heavy atom. The van der Waals surface area contributed by atoms with E-state index in [0.29, 0.717) is 6.42 Å². The molecule has 3 rings (SSSR count). The maximum atomic E-state index is 13.0. The van der Waals surface area contributed by atoms with E-state index < -0.39 is 6.10 Å². The molecule has 1 amide bonds. The molecule has 1 aliphatic heterocycles. The van der Waals surface area contributed by atoms with Gasteiger partial charge in [-0.1, -0.05) is 12.1 Å². The van der Waals surface area contributed by atoms with Crippen molar-refractivity contribution in [2.75, 3.05) is 6.54 Å². The van der Waals surface area contributed by atoms with Crippen LogP contribution in [0.3, 0.4) is 0 Å². The highest BCUT2D eigenvalue weighted by Crippen LogP contribution is 2.33. The van der Waals surface area contributed by atoms with Crippen molar-refractivity contribution in [3.8, 4) is 5.75 Å². The van der Waals surface area contributed by atoms with Gasteiger partial charge in [0.1, 0.15) is 11.6 Å². The average Bonchev–Trinajstić information content (AvgIpc) is 2.89. The maximum absolute atomic E-state index is 13.0. The number of carbonyl (C=O) groups excluding carboxylic acids is 1. The van der Waals surface area contributed by atoms with Crippen LogP contribution in [0, 0.1) is 5.82 Å². The van der Waals surface area contributed by atoms with Crippen LogP contribution in [0.4, 0.5) is 4.39 Å². The summed E-state index contributed by atoms with van der Waals surface area (Å²) in [5.74, 6) is -0.768. The molecular weight excluding hydrogens is 287 g/mol. The number of carbonyl (C=O) groups is 1. The van der Waals surface area contributed by atoms with Crippen LogP contribution in [0.5, 0.6) is 5.75 Å². The van der Waals surface area contributed by atoms with Gasteiger partial charge in [-0.3, -0.25) is 9.78 Å². The van der Waals surface area contributed by atoms with E-state index in [4.69, 9.17) is 0 Å². The number of hydrogen-bond acceptors (Lipinski definition) is 4. The standard InChI is InChI=1S/C16H15FN2O3/c17-12-3-1-10(2-4-12)15-6-14(21)9-19(15)16(22)11-5-13(20)8-18-7-11/h1-5,7-8,14-15,20-21H,6,9H2/t14-,15-/m1/s1. The highest BCUT2D eigenvalue weighted by Gasteiger charge is 2.35. The third kappa shape index (κ3) is 2.78. The lowest BCUT2D eigenvalue weighted by atomic mass is 10.0. The van der Waals surface area contributed by atoms with Gasteiger partial charge in [-0.05, 0) is 30.2 Å².